The van der Waals surface area contributed by atoms with E-state index >= 15 is 0 Å². The standard InChI is InChI=1S/C12H18N2O3/c1-4-17-11(15)7-8-13-12(16)10-6-5-9(2)14(10)3/h5-6H,4,7-8H2,1-3H3,(H,13,16). The van der Waals surface area contributed by atoms with E-state index in [4.69, 9.17) is 4.74 Å². The summed E-state index contributed by atoms with van der Waals surface area (Å²) < 4.78 is 6.57. The quantitative estimate of drug-likeness (QED) is 0.779. The molecule has 0 unspecified atom stereocenters. The van der Waals surface area contributed by atoms with Crippen LogP contribution in [0.25, 0.3) is 0 Å². The number of nitrogens with zero attached hydrogens (tertiary/aromatic N) is 1. The lowest BCUT2D eigenvalue weighted by atomic mass is 10.3. The van der Waals surface area contributed by atoms with Gasteiger partial charge in [0.1, 0.15) is 5.69 Å². The van der Waals surface area contributed by atoms with Crippen molar-refractivity contribution in [3.05, 3.63) is 23.5 Å². The fraction of sp³-hybridized carbons (Fsp3) is 0.500. The van der Waals surface area contributed by atoms with E-state index in [1.807, 2.05) is 20.0 Å². The summed E-state index contributed by atoms with van der Waals surface area (Å²) in [6, 6.07) is 3.63. The highest BCUT2D eigenvalue weighted by molar-refractivity contribution is 5.93. The zero-order chi connectivity index (χ0) is 12.8. The number of ether oxygens (including phenoxy) is 1. The van der Waals surface area contributed by atoms with E-state index in [2.05, 4.69) is 5.32 Å². The second-order valence-corrected chi connectivity index (χ2v) is 3.73. The highest BCUT2D eigenvalue weighted by Gasteiger charge is 2.10. The summed E-state index contributed by atoms with van der Waals surface area (Å²) in [6.07, 6.45) is 0.197. The van der Waals surface area contributed by atoms with Gasteiger partial charge in [0, 0.05) is 19.3 Å². The van der Waals surface area contributed by atoms with Crippen molar-refractivity contribution in [2.24, 2.45) is 7.05 Å². The molecule has 0 spiro atoms. The van der Waals surface area contributed by atoms with Crippen LogP contribution in [0.2, 0.25) is 0 Å². The average molecular weight is 238 g/mol. The highest BCUT2D eigenvalue weighted by atomic mass is 16.5. The predicted molar refractivity (Wildman–Crippen MR) is 63.7 cm³/mol. The lowest BCUT2D eigenvalue weighted by Gasteiger charge is -2.06. The maximum absolute atomic E-state index is 11.7. The molecule has 1 aromatic heterocycles. The number of aromatic nitrogens is 1. The van der Waals surface area contributed by atoms with Gasteiger partial charge in [0.25, 0.3) is 5.91 Å². The lowest BCUT2D eigenvalue weighted by Crippen LogP contribution is -2.28. The third kappa shape index (κ3) is 3.62. The van der Waals surface area contributed by atoms with Gasteiger partial charge in [-0.2, -0.15) is 0 Å². The third-order valence-corrected chi connectivity index (χ3v) is 2.53. The van der Waals surface area contributed by atoms with Gasteiger partial charge < -0.3 is 14.6 Å². The number of amides is 1. The minimum Gasteiger partial charge on any atom is -0.466 e. The van der Waals surface area contributed by atoms with Gasteiger partial charge in [0.15, 0.2) is 0 Å². The lowest BCUT2D eigenvalue weighted by molar-refractivity contribution is -0.142. The molecule has 5 nitrogen and oxygen atoms in total. The number of aryl methyl sites for hydroxylation is 1. The smallest absolute Gasteiger partial charge is 0.307 e. The molecule has 0 fully saturated rings. The van der Waals surface area contributed by atoms with Crippen molar-refractivity contribution >= 4 is 11.9 Å². The van der Waals surface area contributed by atoms with Gasteiger partial charge in [0.05, 0.1) is 13.0 Å². The first-order valence-electron chi connectivity index (χ1n) is 5.62. The minimum absolute atomic E-state index is 0.176. The molecule has 0 aromatic carbocycles. The zero-order valence-corrected chi connectivity index (χ0v) is 10.4. The van der Waals surface area contributed by atoms with E-state index in [1.165, 1.54) is 0 Å². The van der Waals surface area contributed by atoms with Crippen molar-refractivity contribution in [1.82, 2.24) is 9.88 Å². The molecule has 0 saturated carbocycles. The number of hydrogen-bond donors (Lipinski definition) is 1. The SMILES string of the molecule is CCOC(=O)CCNC(=O)c1ccc(C)n1C. The molecule has 1 N–H and O–H groups in total. The number of rotatable bonds is 5. The Morgan fingerprint density at radius 3 is 2.65 bits per heavy atom. The van der Waals surface area contributed by atoms with E-state index in [0.29, 0.717) is 18.8 Å². The molecule has 17 heavy (non-hydrogen) atoms. The average Bonchev–Trinajstić information content (AvgIpc) is 2.60. The molecule has 0 saturated heterocycles. The fourth-order valence-corrected chi connectivity index (χ4v) is 1.44. The Kier molecular flexibility index (Phi) is 4.75. The van der Waals surface area contributed by atoms with Gasteiger partial charge >= 0.3 is 5.97 Å². The molecule has 0 aliphatic heterocycles. The van der Waals surface area contributed by atoms with Crippen molar-refractivity contribution in [2.45, 2.75) is 20.3 Å². The van der Waals surface area contributed by atoms with E-state index in [-0.39, 0.29) is 18.3 Å². The van der Waals surface area contributed by atoms with Crippen LogP contribution in [0.4, 0.5) is 0 Å². The second-order valence-electron chi connectivity index (χ2n) is 3.73. The van der Waals surface area contributed by atoms with Gasteiger partial charge in [-0.3, -0.25) is 9.59 Å². The van der Waals surface area contributed by atoms with Crippen LogP contribution >= 0.6 is 0 Å². The molecule has 0 aliphatic carbocycles. The van der Waals surface area contributed by atoms with Gasteiger partial charge in [-0.05, 0) is 26.0 Å². The van der Waals surface area contributed by atoms with Crippen LogP contribution in [0.3, 0.4) is 0 Å². The van der Waals surface area contributed by atoms with Crippen molar-refractivity contribution in [2.75, 3.05) is 13.2 Å². The largest absolute Gasteiger partial charge is 0.466 e. The molecule has 0 radical (unpaired) electrons. The second kappa shape index (κ2) is 6.08. The molecule has 0 aliphatic rings. The molecule has 94 valence electrons. The van der Waals surface area contributed by atoms with Gasteiger partial charge in [-0.15, -0.1) is 0 Å². The van der Waals surface area contributed by atoms with Gasteiger partial charge in [-0.1, -0.05) is 0 Å². The predicted octanol–water partition coefficient (Wildman–Crippen LogP) is 1.02. The molecule has 1 amide bonds. The van der Waals surface area contributed by atoms with E-state index < -0.39 is 0 Å². The molecule has 5 heteroatoms. The Bertz CT molecular complexity index is 410. The first-order valence-corrected chi connectivity index (χ1v) is 5.62. The van der Waals surface area contributed by atoms with E-state index in [0.717, 1.165) is 5.69 Å². The van der Waals surface area contributed by atoms with Crippen molar-refractivity contribution in [3.63, 3.8) is 0 Å². The fourth-order valence-electron chi connectivity index (χ4n) is 1.44. The Labute approximate surface area is 101 Å². The maximum Gasteiger partial charge on any atom is 0.307 e. The molecule has 1 heterocycles. The summed E-state index contributed by atoms with van der Waals surface area (Å²) in [5.41, 5.74) is 1.60. The number of nitrogens with one attached hydrogen (secondary N) is 1. The molecular weight excluding hydrogens is 220 g/mol. The van der Waals surface area contributed by atoms with E-state index in [1.54, 1.807) is 17.6 Å². The molecule has 0 atom stereocenters. The van der Waals surface area contributed by atoms with E-state index in [9.17, 15) is 9.59 Å². The van der Waals surface area contributed by atoms with Crippen LogP contribution in [-0.2, 0) is 16.6 Å². The van der Waals surface area contributed by atoms with Crippen LogP contribution in [0, 0.1) is 6.92 Å². The maximum atomic E-state index is 11.7. The van der Waals surface area contributed by atoms with Crippen molar-refractivity contribution in [3.8, 4) is 0 Å². The number of hydrogen-bond acceptors (Lipinski definition) is 3. The first-order chi connectivity index (χ1) is 8.06. The number of carbonyl (C=O) groups excluding carboxylic acids is 2. The Balaban J connectivity index is 2.40. The zero-order valence-electron chi connectivity index (χ0n) is 10.4. The molecular formula is C12H18N2O3. The van der Waals surface area contributed by atoms with Crippen molar-refractivity contribution < 1.29 is 14.3 Å². The van der Waals surface area contributed by atoms with Crippen LogP contribution in [-0.4, -0.2) is 29.6 Å². The minimum atomic E-state index is -0.295. The highest BCUT2D eigenvalue weighted by Crippen LogP contribution is 2.05. The molecule has 1 aromatic rings. The van der Waals surface area contributed by atoms with Crippen molar-refractivity contribution in [1.29, 1.82) is 0 Å². The van der Waals surface area contributed by atoms with Crippen LogP contribution in [0.5, 0.6) is 0 Å². The normalized spacial score (nSPS) is 10.1. The Hall–Kier alpha value is -1.78. The van der Waals surface area contributed by atoms with Gasteiger partial charge in [-0.25, -0.2) is 0 Å². The van der Waals surface area contributed by atoms with Crippen LogP contribution in [0.15, 0.2) is 12.1 Å². The van der Waals surface area contributed by atoms with Gasteiger partial charge in [0.2, 0.25) is 0 Å². The summed E-state index contributed by atoms with van der Waals surface area (Å²) in [4.78, 5) is 22.8. The summed E-state index contributed by atoms with van der Waals surface area (Å²) in [5.74, 6) is -0.472. The molecule has 0 bridgehead atoms. The van der Waals surface area contributed by atoms with Crippen LogP contribution in [0.1, 0.15) is 29.5 Å². The number of esters is 1. The first kappa shape index (κ1) is 13.3. The van der Waals surface area contributed by atoms with Crippen LogP contribution < -0.4 is 5.32 Å². The topological polar surface area (TPSA) is 60.3 Å². The third-order valence-electron chi connectivity index (χ3n) is 2.53. The monoisotopic (exact) mass is 238 g/mol. The summed E-state index contributed by atoms with van der Waals surface area (Å²) in [7, 11) is 1.83. The Morgan fingerprint density at radius 1 is 1.41 bits per heavy atom. The summed E-state index contributed by atoms with van der Waals surface area (Å²) in [5, 5.41) is 2.68. The summed E-state index contributed by atoms with van der Waals surface area (Å²) in [6.45, 7) is 4.34. The summed E-state index contributed by atoms with van der Waals surface area (Å²) >= 11 is 0. The molecule has 1 rings (SSSR count). The number of carbonyl (C=O) groups is 2. The Morgan fingerprint density at radius 2 is 2.12 bits per heavy atom.